The van der Waals surface area contributed by atoms with Gasteiger partial charge in [-0.3, -0.25) is 48.8 Å². The second-order valence-electron chi connectivity index (χ2n) is 32.4. The van der Waals surface area contributed by atoms with Crippen molar-refractivity contribution in [3.8, 4) is 35.5 Å². The molecule has 9 aromatic rings. The van der Waals surface area contributed by atoms with Crippen LogP contribution in [0.1, 0.15) is 142 Å². The molecule has 0 spiro atoms. The monoisotopic (exact) mass is 1610 g/mol. The highest BCUT2D eigenvalue weighted by molar-refractivity contribution is 6.89. The number of rotatable bonds is 18. The van der Waals surface area contributed by atoms with Gasteiger partial charge >= 0.3 is 12.4 Å². The van der Waals surface area contributed by atoms with Crippen LogP contribution in [-0.2, 0) is 75.4 Å². The van der Waals surface area contributed by atoms with Crippen molar-refractivity contribution in [2.45, 2.75) is 111 Å². The minimum absolute atomic E-state index is 0.0451. The number of alkyl halides is 6. The van der Waals surface area contributed by atoms with Gasteiger partial charge < -0.3 is 25.3 Å². The van der Waals surface area contributed by atoms with Crippen molar-refractivity contribution in [3.05, 3.63) is 280 Å². The largest absolute Gasteiger partial charge is 0.416 e. The standard InChI is InChI=1S/C33H38N4O2Si.C31H29F3N4O.C31H33F3N4O/c1-23-6-9-27(19-26(23)10-8-25-16-29-20-32(39)35-33(29)34-21-25)30(38)17-24-7-11-28(31(18-24)40(3,4)5)22-37-14-12-36(2)13-15-37;1-21-3-5-24(17-23(21)7-8-25-18-35-19-26-9-10-36-30(25)26)29(39)16-22-4-6-27(28(15-22)31(32,33)34)20-38-13-11-37(2)12-14-38;1-22-4-7-27(17-26(22)8-6-24-14-25(18-35-2)20-36-19-24)30(39)16-23-5-9-28(29(15-23)31(32,33)34)21-38-12-10-37(3)11-13-38/h6-7,9,11,16,18-19,21H,12-15,17,20,22H2,1-5H3,(H,34,35,39);3-6,10,15,17-19H,9,11-14,16,20H2,1-2H3;4-5,7,9,14-15,17,19-20,35H,10-13,16,18,21H2,1-3H3. The van der Waals surface area contributed by atoms with E-state index in [-0.39, 0.29) is 60.3 Å². The van der Waals surface area contributed by atoms with E-state index in [0.29, 0.717) is 69.7 Å². The van der Waals surface area contributed by atoms with Crippen LogP contribution in [0.2, 0.25) is 19.6 Å². The van der Waals surface area contributed by atoms with Crippen LogP contribution in [0.3, 0.4) is 0 Å². The Kier molecular flexibility index (Phi) is 28.3. The van der Waals surface area contributed by atoms with Gasteiger partial charge in [-0.15, -0.1) is 0 Å². The smallest absolute Gasteiger partial charge is 0.316 e. The predicted octanol–water partition coefficient (Wildman–Crippen LogP) is 13.9. The normalized spacial score (nSPS) is 15.3. The maximum absolute atomic E-state index is 14.0. The molecule has 0 aliphatic carbocycles. The molecule has 0 saturated carbocycles. The minimum atomic E-state index is -4.50. The van der Waals surface area contributed by atoms with Gasteiger partial charge in [0, 0.05) is 223 Å². The number of aromatic nitrogens is 3. The molecule has 14 rings (SSSR count). The number of halogens is 6. The molecule has 610 valence electrons. The Bertz CT molecular complexity index is 5460. The lowest BCUT2D eigenvalue weighted by Crippen LogP contribution is -2.46. The molecule has 6 aromatic carbocycles. The van der Waals surface area contributed by atoms with E-state index in [1.54, 1.807) is 67.4 Å². The number of anilines is 1. The van der Waals surface area contributed by atoms with Gasteiger partial charge in [0.2, 0.25) is 5.91 Å². The fourth-order valence-corrected chi connectivity index (χ4v) is 16.5. The number of Topliss-reactive ketones (excluding diaryl/α,β-unsaturated/α-hetero) is 3. The second kappa shape index (κ2) is 38.7. The SMILES string of the molecule is CNCc1cncc(C#Cc2cc(C(=O)Cc3ccc(CN4CCN(C)CC4)c(C(F)(F)F)c3)ccc2C)c1.Cc1ccc(C(=O)Cc2ccc(CN3CCN(C)CC3)c(C(F)(F)F)c2)cc1C#Cc1cncc2c1N=CC2.Cc1ccc(C(=O)Cc2ccc(CN3CCN(C)CC3)c([Si](C)(C)C)c2)cc1C#Cc1cnc2c(c1)CC(=O)N2. The van der Waals surface area contributed by atoms with Gasteiger partial charge in [-0.25, -0.2) is 4.98 Å². The molecule has 3 aromatic heterocycles. The first kappa shape index (κ1) is 86.5. The molecule has 5 aliphatic heterocycles. The molecule has 5 aliphatic rings. The fraction of sp³-hybridized carbons (Fsp3) is 0.347. The first-order valence-corrected chi connectivity index (χ1v) is 43.4. The summed E-state index contributed by atoms with van der Waals surface area (Å²) >= 11 is 0. The van der Waals surface area contributed by atoms with Gasteiger partial charge in [-0.1, -0.05) is 139 Å². The molecule has 0 bridgehead atoms. The number of likely N-dealkylation sites (N-methyl/N-ethyl adjacent to an activating group) is 3. The third-order valence-corrected chi connectivity index (χ3v) is 24.1. The Hall–Kier alpha value is -10.9. The lowest BCUT2D eigenvalue weighted by atomic mass is 9.96. The number of carbonyl (C=O) groups excluding carboxylic acids is 4. The maximum Gasteiger partial charge on any atom is 0.416 e. The molecular formula is C95H100F6N12O4Si. The molecule has 16 nitrogen and oxygen atoms in total. The molecule has 0 radical (unpaired) electrons. The zero-order valence-electron chi connectivity index (χ0n) is 68.7. The van der Waals surface area contributed by atoms with Gasteiger partial charge in [-0.2, -0.15) is 26.3 Å². The van der Waals surface area contributed by atoms with Crippen LogP contribution in [0, 0.1) is 56.3 Å². The number of fused-ring (bicyclic) bond motifs is 2. The van der Waals surface area contributed by atoms with E-state index >= 15 is 0 Å². The molecule has 1 amide bonds. The third-order valence-electron chi connectivity index (χ3n) is 22.0. The maximum atomic E-state index is 14.0. The van der Waals surface area contributed by atoms with Crippen molar-refractivity contribution < 1.29 is 45.5 Å². The van der Waals surface area contributed by atoms with Crippen LogP contribution in [0.4, 0.5) is 37.8 Å². The summed E-state index contributed by atoms with van der Waals surface area (Å²) in [6.45, 7) is 25.7. The number of pyridine rings is 3. The van der Waals surface area contributed by atoms with Crippen molar-refractivity contribution in [3.63, 3.8) is 0 Å². The number of nitrogens with zero attached hydrogens (tertiary/aromatic N) is 10. The third kappa shape index (κ3) is 23.5. The van der Waals surface area contributed by atoms with E-state index in [2.05, 4.69) is 131 Å². The van der Waals surface area contributed by atoms with E-state index in [9.17, 15) is 45.5 Å². The summed E-state index contributed by atoms with van der Waals surface area (Å²) < 4.78 is 83.8. The molecular weight excluding hydrogens is 1520 g/mol. The topological polar surface area (TPSA) is 163 Å². The van der Waals surface area contributed by atoms with Gasteiger partial charge in [-0.05, 0) is 147 Å². The van der Waals surface area contributed by atoms with Crippen LogP contribution >= 0.6 is 0 Å². The summed E-state index contributed by atoms with van der Waals surface area (Å²) in [6, 6.07) is 35.3. The molecule has 0 atom stereocenters. The summed E-state index contributed by atoms with van der Waals surface area (Å²) in [5.41, 5.74) is 14.8. The van der Waals surface area contributed by atoms with Gasteiger partial charge in [0.05, 0.1) is 36.9 Å². The van der Waals surface area contributed by atoms with E-state index in [0.717, 1.165) is 165 Å². The van der Waals surface area contributed by atoms with Gasteiger partial charge in [0.25, 0.3) is 0 Å². The summed E-state index contributed by atoms with van der Waals surface area (Å²) in [5, 5.41) is 7.27. The first-order chi connectivity index (χ1) is 56.3. The van der Waals surface area contributed by atoms with E-state index in [1.165, 1.54) is 22.9 Å². The number of aryl methyl sites for hydroxylation is 3. The number of hydrogen-bond acceptors (Lipinski definition) is 15. The first-order valence-electron chi connectivity index (χ1n) is 39.9. The van der Waals surface area contributed by atoms with Crippen molar-refractivity contribution in [1.82, 2.24) is 49.7 Å². The van der Waals surface area contributed by atoms with Gasteiger partial charge in [0.1, 0.15) is 5.82 Å². The number of carbonyl (C=O) groups is 4. The second-order valence-corrected chi connectivity index (χ2v) is 37.4. The van der Waals surface area contributed by atoms with Crippen molar-refractivity contribution in [2.75, 3.05) is 112 Å². The highest BCUT2D eigenvalue weighted by Crippen LogP contribution is 2.36. The van der Waals surface area contributed by atoms with Crippen LogP contribution in [0.15, 0.2) is 157 Å². The Labute approximate surface area is 689 Å². The molecule has 3 saturated heterocycles. The quantitative estimate of drug-likeness (QED) is 0.0361. The average Bonchev–Trinajstić information content (AvgIpc) is 1.46. The highest BCUT2D eigenvalue weighted by Gasteiger charge is 2.36. The Morgan fingerprint density at radius 3 is 1.35 bits per heavy atom. The summed E-state index contributed by atoms with van der Waals surface area (Å²) in [5.74, 6) is 19.0. The van der Waals surface area contributed by atoms with Crippen molar-refractivity contribution in [1.29, 1.82) is 0 Å². The van der Waals surface area contributed by atoms with Crippen molar-refractivity contribution >= 4 is 54.2 Å². The lowest BCUT2D eigenvalue weighted by Gasteiger charge is -2.33. The molecule has 3 fully saturated rings. The minimum Gasteiger partial charge on any atom is -0.316 e. The zero-order valence-corrected chi connectivity index (χ0v) is 69.7. The molecule has 23 heteroatoms. The number of aliphatic imine (C=N–C) groups is 1. The summed E-state index contributed by atoms with van der Waals surface area (Å²) in [6.07, 6.45) is 2.60. The molecule has 0 unspecified atom stereocenters. The number of nitrogens with one attached hydrogen (secondary N) is 2. The van der Waals surface area contributed by atoms with Crippen LogP contribution < -0.4 is 15.8 Å². The van der Waals surface area contributed by atoms with E-state index in [4.69, 9.17) is 0 Å². The van der Waals surface area contributed by atoms with Crippen LogP contribution in [-0.4, -0.2) is 189 Å². The molecule has 118 heavy (non-hydrogen) atoms. The number of benzene rings is 6. The van der Waals surface area contributed by atoms with Gasteiger partial charge in [0.15, 0.2) is 17.3 Å². The average molecular weight is 1620 g/mol. The number of ketones is 3. The lowest BCUT2D eigenvalue weighted by molar-refractivity contribution is -0.139. The molecule has 8 heterocycles. The Morgan fingerprint density at radius 1 is 0.466 bits per heavy atom. The van der Waals surface area contributed by atoms with Crippen LogP contribution in [0.25, 0.3) is 0 Å². The van der Waals surface area contributed by atoms with Crippen molar-refractivity contribution in [2.24, 2.45) is 4.99 Å². The zero-order chi connectivity index (χ0) is 84.0. The summed E-state index contributed by atoms with van der Waals surface area (Å²) in [4.78, 5) is 81.7. The number of piperazine rings is 3. The Balaban J connectivity index is 0.000000163. The van der Waals surface area contributed by atoms with Crippen LogP contribution in [0.5, 0.6) is 0 Å². The summed E-state index contributed by atoms with van der Waals surface area (Å²) in [7, 11) is 6.46. The number of hydrogen-bond donors (Lipinski definition) is 2. The van der Waals surface area contributed by atoms with E-state index < -0.39 is 31.6 Å². The molecule has 2 N–H and O–H groups in total. The Morgan fingerprint density at radius 2 is 0.890 bits per heavy atom. The highest BCUT2D eigenvalue weighted by atomic mass is 28.3. The predicted molar refractivity (Wildman–Crippen MR) is 456 cm³/mol. The fourth-order valence-electron chi connectivity index (χ4n) is 14.8. The van der Waals surface area contributed by atoms with E-state index in [1.807, 2.05) is 100 Å². The number of amides is 1.